The highest BCUT2D eigenvalue weighted by molar-refractivity contribution is 5.95. The zero-order valence-electron chi connectivity index (χ0n) is 14.1. The normalized spacial score (nSPS) is 10.3. The molecule has 0 atom stereocenters. The van der Waals surface area contributed by atoms with Crippen molar-refractivity contribution in [1.82, 2.24) is 10.3 Å². The van der Waals surface area contributed by atoms with Gasteiger partial charge in [-0.25, -0.2) is 4.98 Å². The van der Waals surface area contributed by atoms with E-state index in [2.05, 4.69) is 22.4 Å². The summed E-state index contributed by atoms with van der Waals surface area (Å²) in [7, 11) is 1.58. The van der Waals surface area contributed by atoms with Crippen molar-refractivity contribution in [2.75, 3.05) is 7.11 Å². The fraction of sp³-hybridized carbons (Fsp3) is 0.143. The molecule has 3 rings (SSSR count). The molecule has 0 saturated carbocycles. The first-order chi connectivity index (χ1) is 12.3. The molecule has 0 unspecified atom stereocenters. The Balaban J connectivity index is 1.69. The maximum atomic E-state index is 12.6. The molecule has 0 aliphatic carbocycles. The van der Waals surface area contributed by atoms with Gasteiger partial charge in [0.15, 0.2) is 0 Å². The van der Waals surface area contributed by atoms with Gasteiger partial charge in [0.2, 0.25) is 5.88 Å². The molecule has 0 aliphatic heterocycles. The first kappa shape index (κ1) is 16.7. The third-order valence-electron chi connectivity index (χ3n) is 3.96. The van der Waals surface area contributed by atoms with Gasteiger partial charge in [0.1, 0.15) is 0 Å². The second-order valence-electron chi connectivity index (χ2n) is 5.71. The molecule has 0 fully saturated rings. The summed E-state index contributed by atoms with van der Waals surface area (Å²) in [4.78, 5) is 16.7. The number of benzene rings is 2. The highest BCUT2D eigenvalue weighted by atomic mass is 16.5. The van der Waals surface area contributed by atoms with Gasteiger partial charge in [-0.05, 0) is 29.2 Å². The molecule has 0 bridgehead atoms. The third kappa shape index (κ3) is 4.44. The van der Waals surface area contributed by atoms with Gasteiger partial charge >= 0.3 is 0 Å². The minimum Gasteiger partial charge on any atom is -0.481 e. The second kappa shape index (κ2) is 8.11. The Bertz CT molecular complexity index is 830. The van der Waals surface area contributed by atoms with Crippen molar-refractivity contribution in [3.8, 4) is 5.88 Å². The molecule has 0 radical (unpaired) electrons. The Morgan fingerprint density at radius 3 is 2.44 bits per heavy atom. The lowest BCUT2D eigenvalue weighted by molar-refractivity contribution is 0.0950. The van der Waals surface area contributed by atoms with Crippen molar-refractivity contribution in [1.29, 1.82) is 0 Å². The maximum Gasteiger partial charge on any atom is 0.251 e. The summed E-state index contributed by atoms with van der Waals surface area (Å²) in [6.07, 6.45) is 2.43. The molecule has 3 aromatic rings. The van der Waals surface area contributed by atoms with Crippen molar-refractivity contribution >= 4 is 5.91 Å². The first-order valence-corrected chi connectivity index (χ1v) is 8.15. The number of rotatable bonds is 6. The molecular weight excluding hydrogens is 312 g/mol. The first-order valence-electron chi connectivity index (χ1n) is 8.15. The van der Waals surface area contributed by atoms with Crippen molar-refractivity contribution in [2.45, 2.75) is 13.0 Å². The second-order valence-corrected chi connectivity index (χ2v) is 5.71. The number of carbonyl (C=O) groups excluding carboxylic acids is 1. The van der Waals surface area contributed by atoms with Crippen molar-refractivity contribution < 1.29 is 9.53 Å². The van der Waals surface area contributed by atoms with Crippen LogP contribution in [0.1, 0.15) is 27.0 Å². The molecule has 2 aromatic carbocycles. The van der Waals surface area contributed by atoms with Crippen molar-refractivity contribution in [3.05, 3.63) is 95.2 Å². The number of pyridine rings is 1. The molecule has 1 amide bonds. The van der Waals surface area contributed by atoms with E-state index < -0.39 is 0 Å². The van der Waals surface area contributed by atoms with E-state index in [4.69, 9.17) is 4.74 Å². The van der Waals surface area contributed by atoms with Gasteiger partial charge in [-0.1, -0.05) is 54.6 Å². The number of carbonyl (C=O) groups is 1. The summed E-state index contributed by atoms with van der Waals surface area (Å²) in [6.45, 7) is 0.426. The summed E-state index contributed by atoms with van der Waals surface area (Å²) < 4.78 is 5.04. The molecular formula is C21H20N2O2. The summed E-state index contributed by atoms with van der Waals surface area (Å²) in [5.41, 5.74) is 3.82. The molecule has 4 nitrogen and oxygen atoms in total. The topological polar surface area (TPSA) is 51.2 Å². The Morgan fingerprint density at radius 1 is 0.960 bits per heavy atom. The van der Waals surface area contributed by atoms with E-state index in [0.717, 1.165) is 17.5 Å². The van der Waals surface area contributed by atoms with Crippen LogP contribution < -0.4 is 10.1 Å². The standard InChI is InChI=1S/C21H20N2O2/c1-25-20-12-11-17(14-22-20)15-23-21(24)19-10-6-5-9-18(19)13-16-7-3-2-4-8-16/h2-12,14H,13,15H2,1H3,(H,23,24). The van der Waals surface area contributed by atoms with Gasteiger partial charge in [0.05, 0.1) is 7.11 Å². The monoisotopic (exact) mass is 332 g/mol. The van der Waals surface area contributed by atoms with Gasteiger partial charge in [-0.2, -0.15) is 0 Å². The lowest BCUT2D eigenvalue weighted by Gasteiger charge is -2.10. The number of nitrogens with one attached hydrogen (secondary N) is 1. The van der Waals surface area contributed by atoms with Crippen LogP contribution >= 0.6 is 0 Å². The minimum atomic E-state index is -0.0812. The van der Waals surface area contributed by atoms with Crippen LogP contribution in [-0.4, -0.2) is 18.0 Å². The van der Waals surface area contributed by atoms with Crippen molar-refractivity contribution in [3.63, 3.8) is 0 Å². The van der Waals surface area contributed by atoms with E-state index in [1.54, 1.807) is 19.4 Å². The Kier molecular flexibility index (Phi) is 5.42. The van der Waals surface area contributed by atoms with Crippen LogP contribution in [0.2, 0.25) is 0 Å². The Morgan fingerprint density at radius 2 is 1.72 bits per heavy atom. The Hall–Kier alpha value is -3.14. The molecule has 1 heterocycles. The van der Waals surface area contributed by atoms with E-state index in [0.29, 0.717) is 18.0 Å². The average molecular weight is 332 g/mol. The zero-order valence-corrected chi connectivity index (χ0v) is 14.1. The van der Waals surface area contributed by atoms with Gasteiger partial charge in [-0.15, -0.1) is 0 Å². The summed E-state index contributed by atoms with van der Waals surface area (Å²) in [5.74, 6) is 0.477. The summed E-state index contributed by atoms with van der Waals surface area (Å²) in [6, 6.07) is 21.5. The number of methoxy groups -OCH3 is 1. The van der Waals surface area contributed by atoms with Crippen LogP contribution in [0, 0.1) is 0 Å². The minimum absolute atomic E-state index is 0.0812. The lowest BCUT2D eigenvalue weighted by atomic mass is 9.99. The largest absolute Gasteiger partial charge is 0.481 e. The Labute approximate surface area is 147 Å². The van der Waals surface area contributed by atoms with Crippen molar-refractivity contribution in [2.24, 2.45) is 0 Å². The van der Waals surface area contributed by atoms with Gasteiger partial charge < -0.3 is 10.1 Å². The van der Waals surface area contributed by atoms with E-state index in [1.807, 2.05) is 48.5 Å². The zero-order chi connectivity index (χ0) is 17.5. The quantitative estimate of drug-likeness (QED) is 0.750. The highest BCUT2D eigenvalue weighted by Crippen LogP contribution is 2.15. The van der Waals surface area contributed by atoms with E-state index in [9.17, 15) is 4.79 Å². The van der Waals surface area contributed by atoms with E-state index in [1.165, 1.54) is 5.56 Å². The van der Waals surface area contributed by atoms with Crippen LogP contribution in [0.3, 0.4) is 0 Å². The molecule has 0 aliphatic rings. The molecule has 1 N–H and O–H groups in total. The van der Waals surface area contributed by atoms with Gasteiger partial charge in [0, 0.05) is 24.4 Å². The maximum absolute atomic E-state index is 12.6. The fourth-order valence-corrected chi connectivity index (χ4v) is 2.63. The SMILES string of the molecule is COc1ccc(CNC(=O)c2ccccc2Cc2ccccc2)cn1. The van der Waals surface area contributed by atoms with Crippen LogP contribution in [0.15, 0.2) is 72.9 Å². The van der Waals surface area contributed by atoms with Crippen LogP contribution in [0.4, 0.5) is 0 Å². The van der Waals surface area contributed by atoms with Crippen LogP contribution in [-0.2, 0) is 13.0 Å². The summed E-state index contributed by atoms with van der Waals surface area (Å²) in [5, 5.41) is 2.96. The fourth-order valence-electron chi connectivity index (χ4n) is 2.63. The molecule has 25 heavy (non-hydrogen) atoms. The molecule has 4 heteroatoms. The van der Waals surface area contributed by atoms with Crippen LogP contribution in [0.25, 0.3) is 0 Å². The smallest absolute Gasteiger partial charge is 0.251 e. The predicted octanol–water partition coefficient (Wildman–Crippen LogP) is 3.61. The number of aromatic nitrogens is 1. The van der Waals surface area contributed by atoms with E-state index in [-0.39, 0.29) is 5.91 Å². The van der Waals surface area contributed by atoms with Gasteiger partial charge in [-0.3, -0.25) is 4.79 Å². The van der Waals surface area contributed by atoms with E-state index >= 15 is 0 Å². The number of hydrogen-bond donors (Lipinski definition) is 1. The highest BCUT2D eigenvalue weighted by Gasteiger charge is 2.11. The number of hydrogen-bond acceptors (Lipinski definition) is 3. The average Bonchev–Trinajstić information content (AvgIpc) is 2.68. The number of nitrogens with zero attached hydrogens (tertiary/aromatic N) is 1. The third-order valence-corrected chi connectivity index (χ3v) is 3.96. The van der Waals surface area contributed by atoms with Gasteiger partial charge in [0.25, 0.3) is 5.91 Å². The number of amides is 1. The summed E-state index contributed by atoms with van der Waals surface area (Å²) >= 11 is 0. The number of ether oxygens (including phenoxy) is 1. The lowest BCUT2D eigenvalue weighted by Crippen LogP contribution is -2.24. The molecule has 0 saturated heterocycles. The molecule has 126 valence electrons. The predicted molar refractivity (Wildman–Crippen MR) is 97.6 cm³/mol. The van der Waals surface area contributed by atoms with Crippen LogP contribution in [0.5, 0.6) is 5.88 Å². The molecule has 0 spiro atoms. The molecule has 1 aromatic heterocycles.